The summed E-state index contributed by atoms with van der Waals surface area (Å²) < 4.78 is 0. The van der Waals surface area contributed by atoms with Gasteiger partial charge in [-0.15, -0.1) is 0 Å². The number of aliphatic imine (C=N–C) groups is 1. The van der Waals surface area contributed by atoms with Crippen LogP contribution in [0.25, 0.3) is 0 Å². The third-order valence-corrected chi connectivity index (χ3v) is 5.36. The van der Waals surface area contributed by atoms with E-state index in [9.17, 15) is 0 Å². The summed E-state index contributed by atoms with van der Waals surface area (Å²) in [6, 6.07) is 0.496. The second-order valence-corrected chi connectivity index (χ2v) is 6.87. The first-order chi connectivity index (χ1) is 9.38. The zero-order valence-corrected chi connectivity index (χ0v) is 13.1. The van der Waals surface area contributed by atoms with Gasteiger partial charge in [0.15, 0.2) is 0 Å². The van der Waals surface area contributed by atoms with Gasteiger partial charge in [-0.25, -0.2) is 4.99 Å². The van der Waals surface area contributed by atoms with Crippen molar-refractivity contribution < 1.29 is 0 Å². The molecule has 2 heteroatoms. The molecule has 0 aromatic rings. The Kier molecular flexibility index (Phi) is 7.09. The third-order valence-electron chi connectivity index (χ3n) is 5.25. The number of nitrogens with zero attached hydrogens (tertiary/aromatic N) is 1. The van der Waals surface area contributed by atoms with E-state index in [4.69, 9.17) is 12.2 Å². The lowest BCUT2D eigenvalue weighted by Gasteiger charge is -2.26. The van der Waals surface area contributed by atoms with Crippen molar-refractivity contribution in [2.75, 3.05) is 0 Å². The van der Waals surface area contributed by atoms with E-state index in [0.29, 0.717) is 6.04 Å². The maximum atomic E-state index is 4.69. The zero-order valence-electron chi connectivity index (χ0n) is 12.3. The number of unbranched alkanes of at least 4 members (excludes halogenated alkanes) is 1. The summed E-state index contributed by atoms with van der Waals surface area (Å²) >= 11 is 4.69. The van der Waals surface area contributed by atoms with E-state index < -0.39 is 0 Å². The Hall–Kier alpha value is -0.200. The van der Waals surface area contributed by atoms with E-state index in [2.05, 4.69) is 10.2 Å². The van der Waals surface area contributed by atoms with E-state index in [1.807, 2.05) is 0 Å². The minimum Gasteiger partial charge on any atom is -0.229 e. The van der Waals surface area contributed by atoms with Crippen molar-refractivity contribution in [3.05, 3.63) is 0 Å². The zero-order chi connectivity index (χ0) is 13.3. The topological polar surface area (TPSA) is 12.4 Å². The van der Waals surface area contributed by atoms with Gasteiger partial charge in [0.05, 0.1) is 11.2 Å². The SMILES string of the molecule is S=C=N[C@H]1CC[C@H](CCCCC2CCCCC2)CC1. The van der Waals surface area contributed by atoms with Crippen molar-refractivity contribution in [1.82, 2.24) is 0 Å². The van der Waals surface area contributed by atoms with Crippen LogP contribution in [0.2, 0.25) is 0 Å². The summed E-state index contributed by atoms with van der Waals surface area (Å²) in [5, 5.41) is 2.55. The number of hydrogen-bond acceptors (Lipinski definition) is 2. The van der Waals surface area contributed by atoms with Crippen molar-refractivity contribution in [3.63, 3.8) is 0 Å². The van der Waals surface area contributed by atoms with Gasteiger partial charge in [0.25, 0.3) is 0 Å². The smallest absolute Gasteiger partial charge is 0.0603 e. The average Bonchev–Trinajstić information content (AvgIpc) is 2.47. The fraction of sp³-hybridized carbons (Fsp3) is 0.941. The van der Waals surface area contributed by atoms with Gasteiger partial charge in [-0.1, -0.05) is 57.8 Å². The molecule has 0 spiro atoms. The number of hydrogen-bond donors (Lipinski definition) is 0. The van der Waals surface area contributed by atoms with Crippen LogP contribution >= 0.6 is 12.2 Å². The van der Waals surface area contributed by atoms with Crippen molar-refractivity contribution in [3.8, 4) is 0 Å². The maximum Gasteiger partial charge on any atom is 0.0603 e. The van der Waals surface area contributed by atoms with Crippen LogP contribution in [-0.2, 0) is 0 Å². The minimum atomic E-state index is 0.496. The van der Waals surface area contributed by atoms with Gasteiger partial charge in [0.2, 0.25) is 0 Å². The molecular formula is C17H29NS. The van der Waals surface area contributed by atoms with Gasteiger partial charge in [-0.05, 0) is 49.7 Å². The monoisotopic (exact) mass is 279 g/mol. The van der Waals surface area contributed by atoms with Gasteiger partial charge < -0.3 is 0 Å². The van der Waals surface area contributed by atoms with Crippen LogP contribution in [0.1, 0.15) is 83.5 Å². The van der Waals surface area contributed by atoms with Crippen molar-refractivity contribution in [2.24, 2.45) is 16.8 Å². The Bertz CT molecular complexity index is 282. The number of rotatable bonds is 6. The predicted molar refractivity (Wildman–Crippen MR) is 85.8 cm³/mol. The normalized spacial score (nSPS) is 28.8. The van der Waals surface area contributed by atoms with E-state index >= 15 is 0 Å². The lowest BCUT2D eigenvalue weighted by Crippen LogP contribution is -2.17. The second-order valence-electron chi connectivity index (χ2n) is 6.68. The molecule has 0 unspecified atom stereocenters. The molecule has 0 aromatic heterocycles. The highest BCUT2D eigenvalue weighted by Crippen LogP contribution is 2.31. The Balaban J connectivity index is 1.50. The molecule has 0 heterocycles. The Morgan fingerprint density at radius 1 is 0.789 bits per heavy atom. The summed E-state index contributed by atoms with van der Waals surface area (Å²) in [4.78, 5) is 4.24. The first kappa shape index (κ1) is 15.2. The largest absolute Gasteiger partial charge is 0.229 e. The summed E-state index contributed by atoms with van der Waals surface area (Å²) in [6.45, 7) is 0. The van der Waals surface area contributed by atoms with Crippen molar-refractivity contribution in [2.45, 2.75) is 89.5 Å². The summed E-state index contributed by atoms with van der Waals surface area (Å²) in [5.74, 6) is 2.05. The van der Waals surface area contributed by atoms with E-state index in [1.54, 1.807) is 0 Å². The lowest BCUT2D eigenvalue weighted by molar-refractivity contribution is 0.290. The van der Waals surface area contributed by atoms with Gasteiger partial charge in [-0.3, -0.25) is 0 Å². The molecule has 2 saturated carbocycles. The summed E-state index contributed by atoms with van der Waals surface area (Å²) in [5.41, 5.74) is 0. The van der Waals surface area contributed by atoms with Gasteiger partial charge in [0.1, 0.15) is 0 Å². The molecule has 0 atom stereocenters. The molecule has 2 aliphatic carbocycles. The summed E-state index contributed by atoms with van der Waals surface area (Å²) in [6.07, 6.45) is 18.6. The molecule has 2 aliphatic rings. The van der Waals surface area contributed by atoms with Crippen LogP contribution < -0.4 is 0 Å². The van der Waals surface area contributed by atoms with Crippen LogP contribution in [0.5, 0.6) is 0 Å². The van der Waals surface area contributed by atoms with Crippen molar-refractivity contribution >= 4 is 17.4 Å². The minimum absolute atomic E-state index is 0.496. The predicted octanol–water partition coefficient (Wildman–Crippen LogP) is 5.79. The molecule has 0 bridgehead atoms. The lowest BCUT2D eigenvalue weighted by atomic mass is 9.82. The molecule has 108 valence electrons. The molecular weight excluding hydrogens is 250 g/mol. The molecule has 0 radical (unpaired) electrons. The Morgan fingerprint density at radius 2 is 1.37 bits per heavy atom. The second kappa shape index (κ2) is 8.87. The molecule has 2 fully saturated rings. The first-order valence-electron chi connectivity index (χ1n) is 8.45. The van der Waals surface area contributed by atoms with E-state index in [0.717, 1.165) is 11.8 Å². The number of thiocarbonyl (C=S) groups is 1. The third kappa shape index (κ3) is 5.75. The molecule has 0 amide bonds. The van der Waals surface area contributed by atoms with Gasteiger partial charge in [0, 0.05) is 0 Å². The standard InChI is InChI=1S/C17H29NS/c19-14-18-17-12-10-16(11-13-17)9-5-4-8-15-6-2-1-3-7-15/h15-17H,1-13H2/t16-,17-. The Morgan fingerprint density at radius 3 is 1.95 bits per heavy atom. The molecule has 0 saturated heterocycles. The molecule has 2 rings (SSSR count). The van der Waals surface area contributed by atoms with Gasteiger partial charge >= 0.3 is 0 Å². The van der Waals surface area contributed by atoms with Crippen LogP contribution in [0.3, 0.4) is 0 Å². The average molecular weight is 279 g/mol. The first-order valence-corrected chi connectivity index (χ1v) is 8.86. The molecule has 0 aromatic carbocycles. The van der Waals surface area contributed by atoms with Crippen LogP contribution in [0.15, 0.2) is 4.99 Å². The maximum absolute atomic E-state index is 4.69. The highest BCUT2D eigenvalue weighted by molar-refractivity contribution is 7.78. The van der Waals surface area contributed by atoms with Crippen molar-refractivity contribution in [1.29, 1.82) is 0 Å². The van der Waals surface area contributed by atoms with Crippen LogP contribution in [0, 0.1) is 11.8 Å². The van der Waals surface area contributed by atoms with Crippen LogP contribution in [0.4, 0.5) is 0 Å². The number of isothiocyanates is 1. The highest BCUT2D eigenvalue weighted by atomic mass is 32.1. The summed E-state index contributed by atoms with van der Waals surface area (Å²) in [7, 11) is 0. The molecule has 0 aliphatic heterocycles. The molecule has 1 nitrogen and oxygen atoms in total. The highest BCUT2D eigenvalue weighted by Gasteiger charge is 2.20. The van der Waals surface area contributed by atoms with Crippen LogP contribution in [-0.4, -0.2) is 11.2 Å². The van der Waals surface area contributed by atoms with E-state index in [-0.39, 0.29) is 0 Å². The fourth-order valence-corrected chi connectivity index (χ4v) is 4.13. The fourth-order valence-electron chi connectivity index (χ4n) is 3.98. The molecule has 19 heavy (non-hydrogen) atoms. The van der Waals surface area contributed by atoms with Gasteiger partial charge in [-0.2, -0.15) is 0 Å². The quantitative estimate of drug-likeness (QED) is 0.340. The van der Waals surface area contributed by atoms with E-state index in [1.165, 1.54) is 83.5 Å². The Labute approximate surface area is 124 Å². The molecule has 0 N–H and O–H groups in total.